The van der Waals surface area contributed by atoms with E-state index in [0.29, 0.717) is 19.5 Å². The molecular formula is C24H32N2O6S. The first-order valence-corrected chi connectivity index (χ1v) is 12.4. The zero-order chi connectivity index (χ0) is 24.4. The third kappa shape index (κ3) is 6.79. The summed E-state index contributed by atoms with van der Waals surface area (Å²) < 4.78 is 37.5. The van der Waals surface area contributed by atoms with Crippen molar-refractivity contribution < 1.29 is 27.5 Å². The zero-order valence-electron chi connectivity index (χ0n) is 19.5. The fourth-order valence-corrected chi connectivity index (χ4v) is 4.93. The third-order valence-corrected chi connectivity index (χ3v) is 7.26. The van der Waals surface area contributed by atoms with Crippen molar-refractivity contribution in [2.24, 2.45) is 5.92 Å². The third-order valence-electron chi connectivity index (χ3n) is 5.21. The van der Waals surface area contributed by atoms with E-state index < -0.39 is 27.8 Å². The average molecular weight is 477 g/mol. The molecule has 2 rings (SSSR count). The Labute approximate surface area is 195 Å². The molecule has 1 amide bonds. The van der Waals surface area contributed by atoms with Crippen molar-refractivity contribution in [2.75, 3.05) is 33.4 Å². The normalized spacial score (nSPS) is 12.3. The molecule has 0 saturated heterocycles. The van der Waals surface area contributed by atoms with Gasteiger partial charge in [-0.05, 0) is 37.1 Å². The van der Waals surface area contributed by atoms with Gasteiger partial charge in [0.15, 0.2) is 0 Å². The van der Waals surface area contributed by atoms with Crippen LogP contribution < -0.4 is 10.1 Å². The van der Waals surface area contributed by atoms with E-state index in [2.05, 4.69) is 5.32 Å². The molecule has 0 saturated carbocycles. The number of rotatable bonds is 12. The highest BCUT2D eigenvalue weighted by Gasteiger charge is 2.26. The van der Waals surface area contributed by atoms with E-state index in [0.717, 1.165) is 5.56 Å². The molecule has 0 spiro atoms. The number of sulfonamides is 1. The number of carbonyl (C=O) groups excluding carboxylic acids is 2. The molecule has 0 aromatic heterocycles. The second-order valence-corrected chi connectivity index (χ2v) is 9.24. The van der Waals surface area contributed by atoms with Crippen molar-refractivity contribution in [1.82, 2.24) is 9.62 Å². The van der Waals surface area contributed by atoms with Crippen LogP contribution in [0.1, 0.15) is 36.7 Å². The van der Waals surface area contributed by atoms with Gasteiger partial charge in [-0.2, -0.15) is 4.31 Å². The van der Waals surface area contributed by atoms with Crippen LogP contribution in [0.15, 0.2) is 53.4 Å². The van der Waals surface area contributed by atoms with Crippen molar-refractivity contribution in [1.29, 1.82) is 0 Å². The second kappa shape index (κ2) is 12.4. The minimum atomic E-state index is -3.75. The maximum atomic E-state index is 13.0. The zero-order valence-corrected chi connectivity index (χ0v) is 20.4. The predicted molar refractivity (Wildman–Crippen MR) is 126 cm³/mol. The van der Waals surface area contributed by atoms with E-state index in [-0.39, 0.29) is 29.4 Å². The van der Waals surface area contributed by atoms with E-state index in [1.54, 1.807) is 20.8 Å². The Balaban J connectivity index is 2.26. The summed E-state index contributed by atoms with van der Waals surface area (Å²) in [5, 5.41) is 2.74. The van der Waals surface area contributed by atoms with E-state index in [9.17, 15) is 18.0 Å². The molecule has 1 atom stereocenters. The molecule has 33 heavy (non-hydrogen) atoms. The van der Waals surface area contributed by atoms with E-state index >= 15 is 0 Å². The Morgan fingerprint density at radius 1 is 1.03 bits per heavy atom. The molecule has 1 N–H and O–H groups in total. The van der Waals surface area contributed by atoms with Crippen LogP contribution >= 0.6 is 0 Å². The van der Waals surface area contributed by atoms with Crippen LogP contribution in [0.25, 0.3) is 0 Å². The first-order chi connectivity index (χ1) is 15.8. The van der Waals surface area contributed by atoms with Crippen molar-refractivity contribution in [3.05, 3.63) is 59.7 Å². The van der Waals surface area contributed by atoms with Crippen LogP contribution in [0.2, 0.25) is 0 Å². The first-order valence-electron chi connectivity index (χ1n) is 10.9. The maximum Gasteiger partial charge on any atom is 0.311 e. The summed E-state index contributed by atoms with van der Waals surface area (Å²) in [6.45, 7) is 6.11. The fraction of sp³-hybridized carbons (Fsp3) is 0.417. The van der Waals surface area contributed by atoms with Crippen LogP contribution in [0, 0.1) is 5.92 Å². The number of ether oxygens (including phenoxy) is 2. The maximum absolute atomic E-state index is 13.0. The number of nitrogens with zero attached hydrogens (tertiary/aromatic N) is 1. The van der Waals surface area contributed by atoms with Gasteiger partial charge in [-0.15, -0.1) is 0 Å². The molecule has 0 aliphatic heterocycles. The molecule has 2 aromatic carbocycles. The summed E-state index contributed by atoms with van der Waals surface area (Å²) in [4.78, 5) is 25.5. The standard InChI is InChI=1S/C24H32N2O6S/c1-5-26(6-2)33(29,30)20-13-14-22(31-4)21(16-20)23(27)25-17-19(24(28)32-7-3)15-18-11-9-8-10-12-18/h8-14,16,19H,5-7,15,17H2,1-4H3,(H,25,27). The van der Waals surface area contributed by atoms with Gasteiger partial charge in [0, 0.05) is 19.6 Å². The molecule has 0 radical (unpaired) electrons. The number of amides is 1. The minimum absolute atomic E-state index is 0.00313. The molecule has 1 unspecified atom stereocenters. The molecule has 0 bridgehead atoms. The van der Waals surface area contributed by atoms with Gasteiger partial charge in [-0.25, -0.2) is 8.42 Å². The van der Waals surface area contributed by atoms with E-state index in [1.807, 2.05) is 30.3 Å². The van der Waals surface area contributed by atoms with Crippen LogP contribution in [0.4, 0.5) is 0 Å². The summed E-state index contributed by atoms with van der Waals surface area (Å²) in [5.41, 5.74) is 1.02. The number of nitrogens with one attached hydrogen (secondary N) is 1. The summed E-state index contributed by atoms with van der Waals surface area (Å²) in [7, 11) is -2.35. The second-order valence-electron chi connectivity index (χ2n) is 7.30. The predicted octanol–water partition coefficient (Wildman–Crippen LogP) is 2.88. The minimum Gasteiger partial charge on any atom is -0.496 e. The van der Waals surface area contributed by atoms with Gasteiger partial charge < -0.3 is 14.8 Å². The molecule has 0 fully saturated rings. The number of methoxy groups -OCH3 is 1. The Morgan fingerprint density at radius 3 is 2.27 bits per heavy atom. The van der Waals surface area contributed by atoms with Crippen LogP contribution in [0.5, 0.6) is 5.75 Å². The van der Waals surface area contributed by atoms with Gasteiger partial charge in [0.2, 0.25) is 10.0 Å². The van der Waals surface area contributed by atoms with Crippen LogP contribution in [-0.4, -0.2) is 58.0 Å². The monoisotopic (exact) mass is 476 g/mol. The lowest BCUT2D eigenvalue weighted by Gasteiger charge is -2.20. The van der Waals surface area contributed by atoms with Gasteiger partial charge in [0.25, 0.3) is 5.91 Å². The van der Waals surface area contributed by atoms with Crippen LogP contribution in [-0.2, 0) is 26.0 Å². The molecule has 9 heteroatoms. The summed E-state index contributed by atoms with van der Waals surface area (Å²) in [5.74, 6) is -1.30. The van der Waals surface area contributed by atoms with Gasteiger partial charge in [-0.3, -0.25) is 9.59 Å². The number of esters is 1. The summed E-state index contributed by atoms with van der Waals surface area (Å²) >= 11 is 0. The smallest absolute Gasteiger partial charge is 0.311 e. The van der Waals surface area contributed by atoms with E-state index in [1.165, 1.54) is 29.6 Å². The highest BCUT2D eigenvalue weighted by Crippen LogP contribution is 2.25. The highest BCUT2D eigenvalue weighted by atomic mass is 32.2. The molecule has 0 aliphatic carbocycles. The lowest BCUT2D eigenvalue weighted by Crippen LogP contribution is -2.35. The topological polar surface area (TPSA) is 102 Å². The number of benzene rings is 2. The summed E-state index contributed by atoms with van der Waals surface area (Å²) in [6.07, 6.45) is 0.396. The number of hydrogen-bond acceptors (Lipinski definition) is 6. The SMILES string of the molecule is CCOC(=O)C(CNC(=O)c1cc(S(=O)(=O)N(CC)CC)ccc1OC)Cc1ccccc1. The lowest BCUT2D eigenvalue weighted by molar-refractivity contribution is -0.147. The van der Waals surface area contributed by atoms with Gasteiger partial charge >= 0.3 is 5.97 Å². The Hall–Kier alpha value is -2.91. The molecule has 0 aliphatic rings. The molecule has 8 nitrogen and oxygen atoms in total. The van der Waals surface area contributed by atoms with Gasteiger partial charge in [0.1, 0.15) is 5.75 Å². The van der Waals surface area contributed by atoms with Crippen molar-refractivity contribution in [3.63, 3.8) is 0 Å². The molecular weight excluding hydrogens is 444 g/mol. The van der Waals surface area contributed by atoms with Crippen molar-refractivity contribution in [2.45, 2.75) is 32.1 Å². The largest absolute Gasteiger partial charge is 0.496 e. The first kappa shape index (κ1) is 26.3. The van der Waals surface area contributed by atoms with Crippen molar-refractivity contribution >= 4 is 21.9 Å². The Morgan fingerprint density at radius 2 is 1.70 bits per heavy atom. The molecule has 0 heterocycles. The summed E-state index contributed by atoms with van der Waals surface area (Å²) in [6, 6.07) is 13.6. The molecule has 2 aromatic rings. The fourth-order valence-electron chi connectivity index (χ4n) is 3.45. The average Bonchev–Trinajstić information content (AvgIpc) is 2.82. The van der Waals surface area contributed by atoms with Gasteiger partial charge in [0.05, 0.1) is 30.1 Å². The Bertz CT molecular complexity index is 1040. The van der Waals surface area contributed by atoms with E-state index in [4.69, 9.17) is 9.47 Å². The Kier molecular flexibility index (Phi) is 9.87. The van der Waals surface area contributed by atoms with Crippen LogP contribution in [0.3, 0.4) is 0 Å². The number of hydrogen-bond donors (Lipinski definition) is 1. The highest BCUT2D eigenvalue weighted by molar-refractivity contribution is 7.89. The molecule has 180 valence electrons. The number of carbonyl (C=O) groups is 2. The quantitative estimate of drug-likeness (QED) is 0.473. The van der Waals surface area contributed by atoms with Crippen molar-refractivity contribution in [3.8, 4) is 5.75 Å². The van der Waals surface area contributed by atoms with Gasteiger partial charge in [-0.1, -0.05) is 44.2 Å². The lowest BCUT2D eigenvalue weighted by atomic mass is 9.99.